The van der Waals surface area contributed by atoms with Crippen molar-refractivity contribution in [1.29, 1.82) is 5.26 Å². The summed E-state index contributed by atoms with van der Waals surface area (Å²) in [6, 6.07) is 7.51. The van der Waals surface area contributed by atoms with E-state index in [1.165, 1.54) is 6.07 Å². The van der Waals surface area contributed by atoms with Crippen LogP contribution < -0.4 is 10.1 Å². The first-order valence-electron chi connectivity index (χ1n) is 4.29. The SMILES string of the molecule is CNC(C#N)c1ccccc1OC(F)F. The Hall–Kier alpha value is -1.67. The van der Waals surface area contributed by atoms with E-state index in [0.29, 0.717) is 5.56 Å². The van der Waals surface area contributed by atoms with Gasteiger partial charge in [0.25, 0.3) is 0 Å². The summed E-state index contributed by atoms with van der Waals surface area (Å²) in [6.45, 7) is -2.89. The molecule has 0 bridgehead atoms. The number of rotatable bonds is 4. The summed E-state index contributed by atoms with van der Waals surface area (Å²) in [4.78, 5) is 0. The summed E-state index contributed by atoms with van der Waals surface area (Å²) in [5.41, 5.74) is 0.405. The van der Waals surface area contributed by atoms with Crippen LogP contribution in [0.15, 0.2) is 24.3 Å². The van der Waals surface area contributed by atoms with Crippen LogP contribution in [-0.2, 0) is 0 Å². The third-order valence-electron chi connectivity index (χ3n) is 1.86. The minimum atomic E-state index is -2.89. The summed E-state index contributed by atoms with van der Waals surface area (Å²) in [7, 11) is 1.58. The highest BCUT2D eigenvalue weighted by Gasteiger charge is 2.15. The number of para-hydroxylation sites is 1. The van der Waals surface area contributed by atoms with Gasteiger partial charge >= 0.3 is 6.61 Å². The molecule has 0 aromatic heterocycles. The van der Waals surface area contributed by atoms with Gasteiger partial charge in [0.05, 0.1) is 6.07 Å². The molecule has 0 spiro atoms. The van der Waals surface area contributed by atoms with E-state index in [0.717, 1.165) is 0 Å². The van der Waals surface area contributed by atoms with Gasteiger partial charge in [0, 0.05) is 5.56 Å². The lowest BCUT2D eigenvalue weighted by molar-refractivity contribution is -0.0505. The first kappa shape index (κ1) is 11.4. The molecule has 1 aromatic rings. The highest BCUT2D eigenvalue weighted by Crippen LogP contribution is 2.25. The van der Waals surface area contributed by atoms with E-state index in [1.807, 2.05) is 6.07 Å². The first-order valence-corrected chi connectivity index (χ1v) is 4.29. The monoisotopic (exact) mass is 212 g/mol. The fourth-order valence-electron chi connectivity index (χ4n) is 1.21. The third-order valence-corrected chi connectivity index (χ3v) is 1.86. The van der Waals surface area contributed by atoms with Gasteiger partial charge in [-0.3, -0.25) is 0 Å². The van der Waals surface area contributed by atoms with Crippen molar-refractivity contribution in [3.05, 3.63) is 29.8 Å². The molecule has 80 valence electrons. The van der Waals surface area contributed by atoms with E-state index in [9.17, 15) is 8.78 Å². The van der Waals surface area contributed by atoms with Crippen molar-refractivity contribution in [3.8, 4) is 11.8 Å². The Morgan fingerprint density at radius 3 is 2.60 bits per heavy atom. The Labute approximate surface area is 86.3 Å². The number of benzene rings is 1. The number of hydrogen-bond acceptors (Lipinski definition) is 3. The standard InChI is InChI=1S/C10H10F2N2O/c1-14-8(6-13)7-4-2-3-5-9(7)15-10(11)12/h2-5,8,10,14H,1H3. The third kappa shape index (κ3) is 2.89. The largest absolute Gasteiger partial charge is 0.434 e. The van der Waals surface area contributed by atoms with Crippen molar-refractivity contribution in [3.63, 3.8) is 0 Å². The molecule has 0 aliphatic heterocycles. The predicted molar refractivity (Wildman–Crippen MR) is 50.5 cm³/mol. The zero-order valence-electron chi connectivity index (χ0n) is 8.08. The van der Waals surface area contributed by atoms with Crippen LogP contribution in [0.1, 0.15) is 11.6 Å². The van der Waals surface area contributed by atoms with Crippen LogP contribution in [0.25, 0.3) is 0 Å². The summed E-state index contributed by atoms with van der Waals surface area (Å²) in [5, 5.41) is 11.5. The zero-order chi connectivity index (χ0) is 11.3. The quantitative estimate of drug-likeness (QED) is 0.830. The average molecular weight is 212 g/mol. The Bertz CT molecular complexity index is 363. The van der Waals surface area contributed by atoms with Gasteiger partial charge in [0.1, 0.15) is 11.8 Å². The first-order chi connectivity index (χ1) is 7.19. The van der Waals surface area contributed by atoms with Crippen LogP contribution in [0.5, 0.6) is 5.75 Å². The van der Waals surface area contributed by atoms with E-state index in [1.54, 1.807) is 25.2 Å². The molecule has 1 N–H and O–H groups in total. The molecule has 1 rings (SSSR count). The van der Waals surface area contributed by atoms with Gasteiger partial charge in [-0.25, -0.2) is 0 Å². The minimum Gasteiger partial charge on any atom is -0.434 e. The van der Waals surface area contributed by atoms with E-state index in [-0.39, 0.29) is 5.75 Å². The Morgan fingerprint density at radius 2 is 2.07 bits per heavy atom. The van der Waals surface area contributed by atoms with E-state index in [4.69, 9.17) is 5.26 Å². The molecular formula is C10H10F2N2O. The average Bonchev–Trinajstić information content (AvgIpc) is 2.21. The highest BCUT2D eigenvalue weighted by atomic mass is 19.3. The van der Waals surface area contributed by atoms with Crippen molar-refractivity contribution in [2.24, 2.45) is 0 Å². The van der Waals surface area contributed by atoms with Gasteiger partial charge in [-0.05, 0) is 13.1 Å². The van der Waals surface area contributed by atoms with E-state index < -0.39 is 12.7 Å². The molecule has 0 radical (unpaired) electrons. The van der Waals surface area contributed by atoms with Crippen molar-refractivity contribution >= 4 is 0 Å². The maximum atomic E-state index is 12.0. The summed E-state index contributed by atoms with van der Waals surface area (Å²) >= 11 is 0. The number of ether oxygens (including phenoxy) is 1. The van der Waals surface area contributed by atoms with Crippen LogP contribution in [0.4, 0.5) is 8.78 Å². The van der Waals surface area contributed by atoms with Crippen LogP contribution >= 0.6 is 0 Å². The molecule has 0 fully saturated rings. The smallest absolute Gasteiger partial charge is 0.387 e. The lowest BCUT2D eigenvalue weighted by Crippen LogP contribution is -2.16. The Kier molecular flexibility index (Phi) is 4.01. The molecule has 5 heteroatoms. The Balaban J connectivity index is 3.01. The Morgan fingerprint density at radius 1 is 1.40 bits per heavy atom. The lowest BCUT2D eigenvalue weighted by atomic mass is 10.1. The van der Waals surface area contributed by atoms with Gasteiger partial charge in [-0.2, -0.15) is 14.0 Å². The van der Waals surface area contributed by atoms with Gasteiger partial charge in [-0.15, -0.1) is 0 Å². The molecule has 1 unspecified atom stereocenters. The van der Waals surface area contributed by atoms with Crippen molar-refractivity contribution in [2.75, 3.05) is 7.05 Å². The fourth-order valence-corrected chi connectivity index (χ4v) is 1.21. The molecule has 0 amide bonds. The molecule has 3 nitrogen and oxygen atoms in total. The molecule has 0 saturated heterocycles. The van der Waals surface area contributed by atoms with Crippen molar-refractivity contribution < 1.29 is 13.5 Å². The summed E-state index contributed by atoms with van der Waals surface area (Å²) in [6.07, 6.45) is 0. The number of halogens is 2. The molecule has 0 aliphatic carbocycles. The van der Waals surface area contributed by atoms with E-state index >= 15 is 0 Å². The second-order valence-corrected chi connectivity index (χ2v) is 2.77. The molecule has 0 heterocycles. The number of alkyl halides is 2. The van der Waals surface area contributed by atoms with Gasteiger partial charge < -0.3 is 10.1 Å². The second-order valence-electron chi connectivity index (χ2n) is 2.77. The van der Waals surface area contributed by atoms with E-state index in [2.05, 4.69) is 10.1 Å². The maximum absolute atomic E-state index is 12.0. The van der Waals surface area contributed by atoms with Crippen LogP contribution in [0.3, 0.4) is 0 Å². The number of nitriles is 1. The van der Waals surface area contributed by atoms with Gasteiger partial charge in [-0.1, -0.05) is 18.2 Å². The van der Waals surface area contributed by atoms with Gasteiger partial charge in [0.15, 0.2) is 0 Å². The highest BCUT2D eigenvalue weighted by molar-refractivity contribution is 5.38. The van der Waals surface area contributed by atoms with Crippen LogP contribution in [0, 0.1) is 11.3 Å². The molecule has 1 aromatic carbocycles. The fraction of sp³-hybridized carbons (Fsp3) is 0.300. The predicted octanol–water partition coefficient (Wildman–Crippen LogP) is 2.07. The molecule has 0 aliphatic rings. The minimum absolute atomic E-state index is 0.0217. The van der Waals surface area contributed by atoms with Gasteiger partial charge in [0.2, 0.25) is 0 Å². The second kappa shape index (κ2) is 5.27. The maximum Gasteiger partial charge on any atom is 0.387 e. The number of hydrogen-bond donors (Lipinski definition) is 1. The van der Waals surface area contributed by atoms with Crippen molar-refractivity contribution in [2.45, 2.75) is 12.7 Å². The molecule has 15 heavy (non-hydrogen) atoms. The number of nitrogens with zero attached hydrogens (tertiary/aromatic N) is 1. The topological polar surface area (TPSA) is 45.0 Å². The zero-order valence-corrected chi connectivity index (χ0v) is 8.08. The van der Waals surface area contributed by atoms with Crippen LogP contribution in [0.2, 0.25) is 0 Å². The normalized spacial score (nSPS) is 12.2. The van der Waals surface area contributed by atoms with Crippen LogP contribution in [-0.4, -0.2) is 13.7 Å². The molecule has 0 saturated carbocycles. The number of nitrogens with one attached hydrogen (secondary N) is 1. The molecule has 1 atom stereocenters. The van der Waals surface area contributed by atoms with Crippen molar-refractivity contribution in [1.82, 2.24) is 5.32 Å². The summed E-state index contributed by atoms with van der Waals surface area (Å²) < 4.78 is 28.4. The molecular weight excluding hydrogens is 202 g/mol. The summed E-state index contributed by atoms with van der Waals surface area (Å²) in [5.74, 6) is 0.0217. The lowest BCUT2D eigenvalue weighted by Gasteiger charge is -2.13.